The van der Waals surface area contributed by atoms with Crippen LogP contribution in [0.15, 0.2) is 53.5 Å². The molecule has 0 amide bonds. The van der Waals surface area contributed by atoms with Crippen molar-refractivity contribution < 1.29 is 0 Å². The zero-order valence-electron chi connectivity index (χ0n) is 13.9. The van der Waals surface area contributed by atoms with Gasteiger partial charge in [0.25, 0.3) is 0 Å². The summed E-state index contributed by atoms with van der Waals surface area (Å²) in [4.78, 5) is 9.43. The van der Waals surface area contributed by atoms with E-state index in [9.17, 15) is 0 Å². The van der Waals surface area contributed by atoms with Crippen LogP contribution in [0.2, 0.25) is 0 Å². The molecule has 6 heteroatoms. The van der Waals surface area contributed by atoms with E-state index < -0.39 is 0 Å². The van der Waals surface area contributed by atoms with Crippen LogP contribution >= 0.6 is 23.1 Å². The van der Waals surface area contributed by atoms with Gasteiger partial charge in [-0.05, 0) is 36.6 Å². The van der Waals surface area contributed by atoms with Crippen molar-refractivity contribution >= 4 is 49.3 Å². The van der Waals surface area contributed by atoms with E-state index in [1.165, 1.54) is 16.7 Å². The van der Waals surface area contributed by atoms with E-state index in [4.69, 9.17) is 4.99 Å². The third-order valence-electron chi connectivity index (χ3n) is 4.01. The maximum absolute atomic E-state index is 4.81. The molecule has 3 aromatic rings. The Morgan fingerprint density at radius 3 is 2.88 bits per heavy atom. The molecular weight excluding hydrogens is 348 g/mol. The van der Waals surface area contributed by atoms with E-state index in [1.54, 1.807) is 23.1 Å². The van der Waals surface area contributed by atoms with Crippen molar-refractivity contribution in [3.8, 4) is 0 Å². The van der Waals surface area contributed by atoms with Crippen LogP contribution in [0, 0.1) is 0 Å². The molecule has 4 rings (SSSR count). The molecule has 4 nitrogen and oxygen atoms in total. The zero-order chi connectivity index (χ0) is 16.9. The van der Waals surface area contributed by atoms with E-state index >= 15 is 0 Å². The molecule has 128 valence electrons. The summed E-state index contributed by atoms with van der Waals surface area (Å²) in [5.41, 5.74) is 3.38. The second-order valence-corrected chi connectivity index (χ2v) is 7.95. The fourth-order valence-corrected chi connectivity index (χ4v) is 4.49. The number of amidine groups is 1. The predicted molar refractivity (Wildman–Crippen MR) is 110 cm³/mol. The normalized spacial score (nSPS) is 16.1. The van der Waals surface area contributed by atoms with Crippen LogP contribution < -0.4 is 10.6 Å². The minimum Gasteiger partial charge on any atom is -0.365 e. The summed E-state index contributed by atoms with van der Waals surface area (Å²) >= 11 is 3.51. The Hall–Kier alpha value is -2.05. The monoisotopic (exact) mass is 368 g/mol. The molecule has 2 aromatic carbocycles. The van der Waals surface area contributed by atoms with Crippen LogP contribution in [0.4, 0.5) is 10.8 Å². The molecule has 0 aliphatic carbocycles. The summed E-state index contributed by atoms with van der Waals surface area (Å²) in [5.74, 6) is 1.15. The lowest BCUT2D eigenvalue weighted by molar-refractivity contribution is 0.843. The largest absolute Gasteiger partial charge is 0.365 e. The third-order valence-corrected chi connectivity index (χ3v) is 6.01. The number of aromatic nitrogens is 1. The van der Waals surface area contributed by atoms with Gasteiger partial charge in [0.05, 0.1) is 15.9 Å². The van der Waals surface area contributed by atoms with Crippen LogP contribution in [-0.2, 0) is 6.42 Å². The number of aliphatic imine (C=N–C) groups is 1. The Balaban J connectivity index is 1.42. The number of rotatable bonds is 5. The predicted octanol–water partition coefficient (Wildman–Crippen LogP) is 4.66. The number of fused-ring (bicyclic) bond motifs is 1. The highest BCUT2D eigenvalue weighted by Gasteiger charge is 2.08. The molecule has 1 aliphatic rings. The first kappa shape index (κ1) is 16.4. The number of nitrogens with one attached hydrogen (secondary N) is 2. The topological polar surface area (TPSA) is 49.3 Å². The Labute approximate surface area is 155 Å². The third kappa shape index (κ3) is 4.14. The number of para-hydroxylation sites is 2. The van der Waals surface area contributed by atoms with Crippen molar-refractivity contribution in [3.63, 3.8) is 0 Å². The molecule has 2 heterocycles. The minimum atomic E-state index is 0.849. The fraction of sp³-hybridized carbons (Fsp3) is 0.263. The lowest BCUT2D eigenvalue weighted by atomic mass is 10.1. The molecule has 0 radical (unpaired) electrons. The summed E-state index contributed by atoms with van der Waals surface area (Å²) in [7, 11) is 0. The number of hydrogen-bond donors (Lipinski definition) is 2. The molecule has 0 bridgehead atoms. The Morgan fingerprint density at radius 2 is 2.00 bits per heavy atom. The number of thiazole rings is 1. The van der Waals surface area contributed by atoms with Gasteiger partial charge in [0, 0.05) is 18.8 Å². The van der Waals surface area contributed by atoms with Crippen LogP contribution in [0.1, 0.15) is 12.0 Å². The van der Waals surface area contributed by atoms with Gasteiger partial charge in [-0.2, -0.15) is 0 Å². The fourth-order valence-electron chi connectivity index (χ4n) is 2.75. The molecule has 0 atom stereocenters. The van der Waals surface area contributed by atoms with E-state index in [2.05, 4.69) is 58.1 Å². The highest BCUT2D eigenvalue weighted by Crippen LogP contribution is 2.26. The first-order valence-electron chi connectivity index (χ1n) is 8.51. The second-order valence-electron chi connectivity index (χ2n) is 5.84. The summed E-state index contributed by atoms with van der Waals surface area (Å²) < 4.78 is 1.22. The van der Waals surface area contributed by atoms with Gasteiger partial charge in [-0.1, -0.05) is 53.4 Å². The minimum absolute atomic E-state index is 0.849. The van der Waals surface area contributed by atoms with Crippen molar-refractivity contribution in [2.75, 3.05) is 24.2 Å². The number of thioether (sulfide) groups is 1. The van der Waals surface area contributed by atoms with Crippen molar-refractivity contribution in [1.29, 1.82) is 0 Å². The van der Waals surface area contributed by atoms with Crippen LogP contribution in [0.3, 0.4) is 0 Å². The van der Waals surface area contributed by atoms with Crippen molar-refractivity contribution in [2.24, 2.45) is 4.99 Å². The highest BCUT2D eigenvalue weighted by atomic mass is 32.2. The average Bonchev–Trinajstić information content (AvgIpc) is 3.07. The maximum atomic E-state index is 4.81. The second kappa shape index (κ2) is 7.89. The summed E-state index contributed by atoms with van der Waals surface area (Å²) in [6, 6.07) is 16.6. The average molecular weight is 369 g/mol. The van der Waals surface area contributed by atoms with Gasteiger partial charge in [0.1, 0.15) is 0 Å². The van der Waals surface area contributed by atoms with Crippen molar-refractivity contribution in [3.05, 3.63) is 54.1 Å². The van der Waals surface area contributed by atoms with Gasteiger partial charge in [-0.15, -0.1) is 0 Å². The number of anilines is 1. The Kier molecular flexibility index (Phi) is 5.18. The van der Waals surface area contributed by atoms with Gasteiger partial charge in [-0.3, -0.25) is 0 Å². The van der Waals surface area contributed by atoms with E-state index in [-0.39, 0.29) is 0 Å². The molecule has 0 unspecified atom stereocenters. The Morgan fingerprint density at radius 1 is 1.12 bits per heavy atom. The summed E-state index contributed by atoms with van der Waals surface area (Å²) in [6.07, 6.45) is 2.13. The molecule has 1 fully saturated rings. The lowest BCUT2D eigenvalue weighted by Gasteiger charge is -2.15. The highest BCUT2D eigenvalue weighted by molar-refractivity contribution is 8.13. The number of benzene rings is 2. The van der Waals surface area contributed by atoms with Gasteiger partial charge < -0.3 is 10.6 Å². The molecule has 1 aromatic heterocycles. The van der Waals surface area contributed by atoms with Crippen molar-refractivity contribution in [1.82, 2.24) is 10.3 Å². The van der Waals surface area contributed by atoms with Crippen LogP contribution in [-0.4, -0.2) is 29.0 Å². The molecular formula is C19H20N4S2. The van der Waals surface area contributed by atoms with Crippen LogP contribution in [0.5, 0.6) is 0 Å². The lowest BCUT2D eigenvalue weighted by Crippen LogP contribution is -2.26. The summed E-state index contributed by atoms with van der Waals surface area (Å²) in [6.45, 7) is 1.87. The van der Waals surface area contributed by atoms with Crippen LogP contribution in [0.25, 0.3) is 10.2 Å². The first-order valence-corrected chi connectivity index (χ1v) is 10.3. The van der Waals surface area contributed by atoms with Gasteiger partial charge in [0.15, 0.2) is 10.3 Å². The molecule has 0 saturated carbocycles. The first-order chi connectivity index (χ1) is 12.4. The van der Waals surface area contributed by atoms with E-state index in [1.807, 2.05) is 6.07 Å². The van der Waals surface area contributed by atoms with Gasteiger partial charge in [0.2, 0.25) is 0 Å². The standard InChI is InChI=1S/C19H20N4S2/c1-2-7-15(22-18-20-11-5-13-24-18)14(6-1)10-12-21-19-23-16-8-3-4-9-17(16)25-19/h1-4,6-9H,5,10-13H2,(H,20,22)(H,21,23). The SMILES string of the molecule is c1ccc(/N=C2\NCCCS2)c(CCNc2nc3ccccc3s2)c1. The van der Waals surface area contributed by atoms with E-state index in [0.29, 0.717) is 0 Å². The number of nitrogens with zero attached hydrogens (tertiary/aromatic N) is 2. The van der Waals surface area contributed by atoms with Gasteiger partial charge in [-0.25, -0.2) is 9.98 Å². The van der Waals surface area contributed by atoms with Gasteiger partial charge >= 0.3 is 0 Å². The maximum Gasteiger partial charge on any atom is 0.183 e. The molecule has 1 aliphatic heterocycles. The quantitative estimate of drug-likeness (QED) is 0.687. The molecule has 1 saturated heterocycles. The summed E-state index contributed by atoms with van der Waals surface area (Å²) in [5, 5.41) is 8.85. The molecule has 25 heavy (non-hydrogen) atoms. The molecule has 0 spiro atoms. The zero-order valence-corrected chi connectivity index (χ0v) is 15.5. The molecule has 2 N–H and O–H groups in total. The smallest absolute Gasteiger partial charge is 0.183 e. The number of hydrogen-bond acceptors (Lipinski definition) is 5. The van der Waals surface area contributed by atoms with E-state index in [0.717, 1.165) is 46.8 Å². The Bertz CT molecular complexity index is 847. The van der Waals surface area contributed by atoms with Crippen molar-refractivity contribution in [2.45, 2.75) is 12.8 Å².